The molecule has 0 saturated carbocycles. The lowest BCUT2D eigenvalue weighted by atomic mass is 10.2. The monoisotopic (exact) mass is 194 g/mol. The van der Waals surface area contributed by atoms with Gasteiger partial charge in [0.25, 0.3) is 0 Å². The highest BCUT2D eigenvalue weighted by Gasteiger charge is 2.03. The van der Waals surface area contributed by atoms with E-state index in [-0.39, 0.29) is 11.9 Å². The van der Waals surface area contributed by atoms with Gasteiger partial charge in [-0.3, -0.25) is 9.78 Å². The van der Waals surface area contributed by atoms with Crippen LogP contribution >= 0.6 is 0 Å². The summed E-state index contributed by atoms with van der Waals surface area (Å²) in [6.07, 6.45) is 3.50. The van der Waals surface area contributed by atoms with Crippen molar-refractivity contribution in [2.45, 2.75) is 33.3 Å². The highest BCUT2D eigenvalue weighted by Crippen LogP contribution is 2.07. The molecule has 0 bridgehead atoms. The summed E-state index contributed by atoms with van der Waals surface area (Å²) in [6, 6.07) is 0. The highest BCUT2D eigenvalue weighted by molar-refractivity contribution is 5.77. The van der Waals surface area contributed by atoms with Crippen molar-refractivity contribution in [3.8, 4) is 5.88 Å². The van der Waals surface area contributed by atoms with Crippen LogP contribution in [0.2, 0.25) is 0 Å². The number of rotatable bonds is 4. The van der Waals surface area contributed by atoms with Gasteiger partial charge in [0.15, 0.2) is 0 Å². The SMILES string of the molecule is CC(=O)Cc1cncc(OC(C)C)n1. The number of hydrogen-bond donors (Lipinski definition) is 0. The standard InChI is InChI=1S/C10H14N2O2/c1-7(2)14-10-6-11-5-9(12-10)4-8(3)13/h5-7H,4H2,1-3H3. The number of hydrogen-bond acceptors (Lipinski definition) is 4. The lowest BCUT2D eigenvalue weighted by Crippen LogP contribution is -2.09. The molecule has 0 amide bonds. The second-order valence-corrected chi connectivity index (χ2v) is 3.39. The van der Waals surface area contributed by atoms with Crippen LogP contribution in [0.4, 0.5) is 0 Å². The second-order valence-electron chi connectivity index (χ2n) is 3.39. The van der Waals surface area contributed by atoms with Crippen molar-refractivity contribution in [3.05, 3.63) is 18.1 Å². The van der Waals surface area contributed by atoms with Crippen LogP contribution in [0.15, 0.2) is 12.4 Å². The average Bonchev–Trinajstić information content (AvgIpc) is 2.01. The van der Waals surface area contributed by atoms with Crippen LogP contribution in [0.5, 0.6) is 5.88 Å². The maximum atomic E-state index is 10.8. The molecule has 0 spiro atoms. The third kappa shape index (κ3) is 3.51. The van der Waals surface area contributed by atoms with E-state index in [9.17, 15) is 4.79 Å². The summed E-state index contributed by atoms with van der Waals surface area (Å²) in [4.78, 5) is 18.9. The number of nitrogens with zero attached hydrogens (tertiary/aromatic N) is 2. The molecule has 1 heterocycles. The smallest absolute Gasteiger partial charge is 0.232 e. The van der Waals surface area contributed by atoms with Crippen LogP contribution in [-0.2, 0) is 11.2 Å². The normalized spacial score (nSPS) is 10.3. The lowest BCUT2D eigenvalue weighted by molar-refractivity contribution is -0.116. The molecule has 0 aliphatic carbocycles. The first-order valence-corrected chi connectivity index (χ1v) is 4.55. The van der Waals surface area contributed by atoms with Crippen molar-refractivity contribution in [3.63, 3.8) is 0 Å². The Morgan fingerprint density at radius 3 is 2.79 bits per heavy atom. The molecule has 1 aromatic heterocycles. The largest absolute Gasteiger partial charge is 0.474 e. The Balaban J connectivity index is 2.73. The summed E-state index contributed by atoms with van der Waals surface area (Å²) in [6.45, 7) is 5.36. The van der Waals surface area contributed by atoms with Crippen molar-refractivity contribution in [1.82, 2.24) is 9.97 Å². The Labute approximate surface area is 83.3 Å². The molecule has 0 saturated heterocycles. The quantitative estimate of drug-likeness (QED) is 0.726. The van der Waals surface area contributed by atoms with E-state index >= 15 is 0 Å². The Morgan fingerprint density at radius 1 is 1.50 bits per heavy atom. The predicted octanol–water partition coefficient (Wildman–Crippen LogP) is 1.40. The fourth-order valence-corrected chi connectivity index (χ4v) is 1.02. The van der Waals surface area contributed by atoms with Crippen LogP contribution in [0.1, 0.15) is 26.5 Å². The van der Waals surface area contributed by atoms with Crippen LogP contribution < -0.4 is 4.74 Å². The molecule has 76 valence electrons. The number of carbonyl (C=O) groups excluding carboxylic acids is 1. The van der Waals surface area contributed by atoms with Gasteiger partial charge < -0.3 is 4.74 Å². The molecule has 0 N–H and O–H groups in total. The first-order chi connectivity index (χ1) is 6.58. The van der Waals surface area contributed by atoms with E-state index < -0.39 is 0 Å². The molecule has 0 unspecified atom stereocenters. The minimum atomic E-state index is 0.0666. The Kier molecular flexibility index (Phi) is 3.56. The molecule has 0 fully saturated rings. The van der Waals surface area contributed by atoms with Crippen LogP contribution in [0.25, 0.3) is 0 Å². The summed E-state index contributed by atoms with van der Waals surface area (Å²) < 4.78 is 5.35. The van der Waals surface area contributed by atoms with E-state index in [4.69, 9.17) is 4.74 Å². The zero-order valence-corrected chi connectivity index (χ0v) is 8.65. The third-order valence-electron chi connectivity index (χ3n) is 1.45. The Hall–Kier alpha value is -1.45. The molecular weight excluding hydrogens is 180 g/mol. The van der Waals surface area contributed by atoms with Crippen molar-refractivity contribution < 1.29 is 9.53 Å². The molecule has 4 heteroatoms. The lowest BCUT2D eigenvalue weighted by Gasteiger charge is -2.08. The maximum absolute atomic E-state index is 10.8. The van der Waals surface area contributed by atoms with Crippen LogP contribution in [-0.4, -0.2) is 21.9 Å². The summed E-state index contributed by atoms with van der Waals surface area (Å²) in [5, 5.41) is 0. The third-order valence-corrected chi connectivity index (χ3v) is 1.45. The minimum absolute atomic E-state index is 0.0666. The highest BCUT2D eigenvalue weighted by atomic mass is 16.5. The summed E-state index contributed by atoms with van der Waals surface area (Å²) in [5.41, 5.74) is 0.649. The molecule has 14 heavy (non-hydrogen) atoms. The zero-order chi connectivity index (χ0) is 10.6. The van der Waals surface area contributed by atoms with Gasteiger partial charge in [-0.25, -0.2) is 4.98 Å². The van der Waals surface area contributed by atoms with E-state index in [2.05, 4.69) is 9.97 Å². The number of aromatic nitrogens is 2. The van der Waals surface area contributed by atoms with Gasteiger partial charge in [-0.15, -0.1) is 0 Å². The van der Waals surface area contributed by atoms with Gasteiger partial charge in [-0.1, -0.05) is 0 Å². The zero-order valence-electron chi connectivity index (χ0n) is 8.65. The number of Topliss-reactive ketones (excluding diaryl/α,β-unsaturated/α-hetero) is 1. The summed E-state index contributed by atoms with van der Waals surface area (Å²) in [7, 11) is 0. The molecule has 0 atom stereocenters. The molecule has 0 radical (unpaired) electrons. The first-order valence-electron chi connectivity index (χ1n) is 4.55. The predicted molar refractivity (Wildman–Crippen MR) is 52.2 cm³/mol. The Morgan fingerprint density at radius 2 is 2.21 bits per heavy atom. The van der Waals surface area contributed by atoms with E-state index in [0.29, 0.717) is 18.0 Å². The minimum Gasteiger partial charge on any atom is -0.474 e. The average molecular weight is 194 g/mol. The molecule has 0 aliphatic rings. The number of carbonyl (C=O) groups is 1. The second kappa shape index (κ2) is 4.69. The van der Waals surface area contributed by atoms with E-state index in [1.807, 2.05) is 13.8 Å². The topological polar surface area (TPSA) is 52.1 Å². The van der Waals surface area contributed by atoms with E-state index in [1.54, 1.807) is 12.4 Å². The van der Waals surface area contributed by atoms with Gasteiger partial charge in [0.2, 0.25) is 5.88 Å². The van der Waals surface area contributed by atoms with Gasteiger partial charge in [0, 0.05) is 6.20 Å². The van der Waals surface area contributed by atoms with Gasteiger partial charge in [-0.2, -0.15) is 0 Å². The molecule has 0 aromatic carbocycles. The molecule has 1 aromatic rings. The maximum Gasteiger partial charge on any atom is 0.232 e. The van der Waals surface area contributed by atoms with E-state index in [0.717, 1.165) is 0 Å². The van der Waals surface area contributed by atoms with Gasteiger partial charge >= 0.3 is 0 Å². The van der Waals surface area contributed by atoms with Crippen molar-refractivity contribution in [2.75, 3.05) is 0 Å². The summed E-state index contributed by atoms with van der Waals surface area (Å²) in [5.74, 6) is 0.541. The van der Waals surface area contributed by atoms with Gasteiger partial charge in [0.05, 0.1) is 24.4 Å². The van der Waals surface area contributed by atoms with Gasteiger partial charge in [-0.05, 0) is 20.8 Å². The van der Waals surface area contributed by atoms with Crippen LogP contribution in [0.3, 0.4) is 0 Å². The fourth-order valence-electron chi connectivity index (χ4n) is 1.02. The molecule has 0 aliphatic heterocycles. The van der Waals surface area contributed by atoms with Crippen LogP contribution in [0, 0.1) is 0 Å². The van der Waals surface area contributed by atoms with Gasteiger partial charge in [0.1, 0.15) is 5.78 Å². The Bertz CT molecular complexity index is 324. The number of ether oxygens (including phenoxy) is 1. The number of ketones is 1. The van der Waals surface area contributed by atoms with E-state index in [1.165, 1.54) is 6.92 Å². The molecule has 4 nitrogen and oxygen atoms in total. The molecular formula is C10H14N2O2. The van der Waals surface area contributed by atoms with Crippen molar-refractivity contribution >= 4 is 5.78 Å². The van der Waals surface area contributed by atoms with Crippen molar-refractivity contribution in [2.24, 2.45) is 0 Å². The molecule has 1 rings (SSSR count). The summed E-state index contributed by atoms with van der Waals surface area (Å²) >= 11 is 0. The first kappa shape index (κ1) is 10.6. The van der Waals surface area contributed by atoms with Crippen molar-refractivity contribution in [1.29, 1.82) is 0 Å². The fraction of sp³-hybridized carbons (Fsp3) is 0.500.